The quantitative estimate of drug-likeness (QED) is 0.772. The number of hydrogen-bond donors (Lipinski definition) is 1. The van der Waals surface area contributed by atoms with E-state index in [2.05, 4.69) is 10.2 Å². The van der Waals surface area contributed by atoms with Gasteiger partial charge in [-0.3, -0.25) is 9.69 Å². The van der Waals surface area contributed by atoms with Crippen LogP contribution >= 0.6 is 0 Å². The number of carbonyl (C=O) groups excluding carboxylic acids is 1. The molecule has 0 spiro atoms. The summed E-state index contributed by atoms with van der Waals surface area (Å²) in [7, 11) is -3.22. The van der Waals surface area contributed by atoms with Crippen LogP contribution in [0.2, 0.25) is 0 Å². The fourth-order valence-electron chi connectivity index (χ4n) is 3.57. The summed E-state index contributed by atoms with van der Waals surface area (Å²) in [6, 6.07) is 14.4. The third-order valence-electron chi connectivity index (χ3n) is 5.25. The summed E-state index contributed by atoms with van der Waals surface area (Å²) in [6.45, 7) is 5.23. The van der Waals surface area contributed by atoms with Crippen LogP contribution in [0, 0.1) is 0 Å². The van der Waals surface area contributed by atoms with Gasteiger partial charge in [0.1, 0.15) is 0 Å². The maximum atomic E-state index is 12.7. The molecule has 1 atom stereocenters. The summed E-state index contributed by atoms with van der Waals surface area (Å²) in [5, 5.41) is 3.05. The molecule has 0 bridgehead atoms. The molecule has 1 aliphatic rings. The van der Waals surface area contributed by atoms with Crippen LogP contribution in [-0.2, 0) is 16.4 Å². The van der Waals surface area contributed by atoms with E-state index in [4.69, 9.17) is 0 Å². The van der Waals surface area contributed by atoms with Crippen molar-refractivity contribution in [3.8, 4) is 0 Å². The van der Waals surface area contributed by atoms with E-state index in [-0.39, 0.29) is 16.8 Å². The Morgan fingerprint density at radius 3 is 2.18 bits per heavy atom. The average Bonchev–Trinajstić information content (AvgIpc) is 3.19. The van der Waals surface area contributed by atoms with Crippen LogP contribution in [0.5, 0.6) is 0 Å². The van der Waals surface area contributed by atoms with Crippen molar-refractivity contribution in [3.05, 3.63) is 65.2 Å². The third-order valence-corrected chi connectivity index (χ3v) is 6.37. The Labute approximate surface area is 167 Å². The average molecular weight is 401 g/mol. The number of amides is 1. The standard InChI is InChI=1S/C22H28N2O3S/c1-3-21(18-10-12-20(13-11-18)28(2,26)27)23-22(25)19-8-6-17(7-9-19)16-24-14-4-5-15-24/h6-13,21H,3-5,14-16H2,1-2H3,(H,23,25)/t21-/m1/s1. The van der Waals surface area contributed by atoms with Gasteiger partial charge in [0.25, 0.3) is 5.91 Å². The first kappa shape index (κ1) is 20.6. The zero-order chi connectivity index (χ0) is 20.1. The number of benzene rings is 2. The van der Waals surface area contributed by atoms with Crippen LogP contribution in [-0.4, -0.2) is 38.6 Å². The normalized spacial score (nSPS) is 16.1. The van der Waals surface area contributed by atoms with Crippen LogP contribution in [0.25, 0.3) is 0 Å². The molecule has 1 aliphatic heterocycles. The van der Waals surface area contributed by atoms with Gasteiger partial charge in [-0.25, -0.2) is 8.42 Å². The van der Waals surface area contributed by atoms with E-state index in [9.17, 15) is 13.2 Å². The maximum Gasteiger partial charge on any atom is 0.251 e. The van der Waals surface area contributed by atoms with Gasteiger partial charge in [0, 0.05) is 18.4 Å². The third kappa shape index (κ3) is 5.20. The molecule has 2 aromatic rings. The topological polar surface area (TPSA) is 66.5 Å². The van der Waals surface area contributed by atoms with E-state index >= 15 is 0 Å². The minimum atomic E-state index is -3.22. The van der Waals surface area contributed by atoms with Crippen molar-refractivity contribution < 1.29 is 13.2 Å². The van der Waals surface area contributed by atoms with Gasteiger partial charge in [0.05, 0.1) is 10.9 Å². The number of nitrogens with one attached hydrogen (secondary N) is 1. The summed E-state index contributed by atoms with van der Waals surface area (Å²) < 4.78 is 23.2. The number of rotatable bonds is 7. The Morgan fingerprint density at radius 2 is 1.64 bits per heavy atom. The molecule has 28 heavy (non-hydrogen) atoms. The van der Waals surface area contributed by atoms with E-state index in [0.717, 1.165) is 31.6 Å². The van der Waals surface area contributed by atoms with Gasteiger partial charge in [-0.1, -0.05) is 31.2 Å². The molecule has 6 heteroatoms. The van der Waals surface area contributed by atoms with E-state index in [1.807, 2.05) is 31.2 Å². The Morgan fingerprint density at radius 1 is 1.04 bits per heavy atom. The number of likely N-dealkylation sites (tertiary alicyclic amines) is 1. The molecule has 0 aromatic heterocycles. The molecule has 2 aromatic carbocycles. The fraction of sp³-hybridized carbons (Fsp3) is 0.409. The van der Waals surface area contributed by atoms with Crippen LogP contribution in [0.4, 0.5) is 0 Å². The predicted octanol–water partition coefficient (Wildman–Crippen LogP) is 3.57. The van der Waals surface area contributed by atoms with Gasteiger partial charge < -0.3 is 5.32 Å². The number of nitrogens with zero attached hydrogens (tertiary/aromatic N) is 1. The molecule has 1 fully saturated rings. The van der Waals surface area contributed by atoms with E-state index in [1.54, 1.807) is 24.3 Å². The first-order chi connectivity index (χ1) is 13.4. The monoisotopic (exact) mass is 400 g/mol. The van der Waals surface area contributed by atoms with Crippen molar-refractivity contribution in [2.75, 3.05) is 19.3 Å². The first-order valence-corrected chi connectivity index (χ1v) is 11.7. The largest absolute Gasteiger partial charge is 0.345 e. The van der Waals surface area contributed by atoms with Gasteiger partial charge in [0.15, 0.2) is 9.84 Å². The molecule has 5 nitrogen and oxygen atoms in total. The molecule has 0 aliphatic carbocycles. The lowest BCUT2D eigenvalue weighted by molar-refractivity contribution is 0.0935. The highest BCUT2D eigenvalue weighted by molar-refractivity contribution is 7.90. The summed E-state index contributed by atoms with van der Waals surface area (Å²) in [5.41, 5.74) is 2.76. The molecule has 150 valence electrons. The van der Waals surface area contributed by atoms with E-state index in [0.29, 0.717) is 5.56 Å². The fourth-order valence-corrected chi connectivity index (χ4v) is 4.20. The second kappa shape index (κ2) is 8.88. The molecule has 1 saturated heterocycles. The number of hydrogen-bond acceptors (Lipinski definition) is 4. The number of carbonyl (C=O) groups is 1. The van der Waals surface area contributed by atoms with Crippen molar-refractivity contribution in [1.29, 1.82) is 0 Å². The zero-order valence-electron chi connectivity index (χ0n) is 16.5. The van der Waals surface area contributed by atoms with Gasteiger partial charge in [-0.2, -0.15) is 0 Å². The predicted molar refractivity (Wildman–Crippen MR) is 111 cm³/mol. The molecule has 0 radical (unpaired) electrons. The first-order valence-electron chi connectivity index (χ1n) is 9.79. The highest BCUT2D eigenvalue weighted by Gasteiger charge is 2.16. The van der Waals surface area contributed by atoms with Gasteiger partial charge in [0.2, 0.25) is 0 Å². The summed E-state index contributed by atoms with van der Waals surface area (Å²) >= 11 is 0. The lowest BCUT2D eigenvalue weighted by Gasteiger charge is -2.18. The molecule has 3 rings (SSSR count). The Balaban J connectivity index is 1.64. The van der Waals surface area contributed by atoms with Gasteiger partial charge in [-0.15, -0.1) is 0 Å². The molecule has 0 saturated carbocycles. The van der Waals surface area contributed by atoms with Crippen molar-refractivity contribution in [3.63, 3.8) is 0 Å². The van der Waals surface area contributed by atoms with Crippen LogP contribution in [0.1, 0.15) is 53.7 Å². The Bertz CT molecular complexity index is 900. The van der Waals surface area contributed by atoms with Crippen LogP contribution < -0.4 is 5.32 Å². The highest BCUT2D eigenvalue weighted by Crippen LogP contribution is 2.20. The molecule has 1 amide bonds. The minimum absolute atomic E-state index is 0.119. The van der Waals surface area contributed by atoms with E-state index < -0.39 is 9.84 Å². The second-order valence-corrected chi connectivity index (χ2v) is 9.47. The summed E-state index contributed by atoms with van der Waals surface area (Å²) in [5.74, 6) is -0.119. The van der Waals surface area contributed by atoms with Gasteiger partial charge in [-0.05, 0) is 67.7 Å². The van der Waals surface area contributed by atoms with Crippen LogP contribution in [0.3, 0.4) is 0 Å². The van der Waals surface area contributed by atoms with Gasteiger partial charge >= 0.3 is 0 Å². The highest BCUT2D eigenvalue weighted by atomic mass is 32.2. The molecule has 1 heterocycles. The molecular formula is C22H28N2O3S. The lowest BCUT2D eigenvalue weighted by Crippen LogP contribution is -2.28. The van der Waals surface area contributed by atoms with Crippen molar-refractivity contribution in [2.45, 2.75) is 43.7 Å². The maximum absolute atomic E-state index is 12.7. The molecular weight excluding hydrogens is 372 g/mol. The smallest absolute Gasteiger partial charge is 0.251 e. The Kier molecular flexibility index (Phi) is 6.52. The van der Waals surface area contributed by atoms with E-state index in [1.165, 1.54) is 24.7 Å². The summed E-state index contributed by atoms with van der Waals surface area (Å²) in [4.78, 5) is 15.4. The molecule has 1 N–H and O–H groups in total. The second-order valence-electron chi connectivity index (χ2n) is 7.46. The summed E-state index contributed by atoms with van der Waals surface area (Å²) in [6.07, 6.45) is 4.44. The van der Waals surface area contributed by atoms with Crippen molar-refractivity contribution in [1.82, 2.24) is 10.2 Å². The van der Waals surface area contributed by atoms with Crippen LogP contribution in [0.15, 0.2) is 53.4 Å². The van der Waals surface area contributed by atoms with Crippen molar-refractivity contribution >= 4 is 15.7 Å². The SMILES string of the molecule is CC[C@@H](NC(=O)c1ccc(CN2CCCC2)cc1)c1ccc(S(C)(=O)=O)cc1. The van der Waals surface area contributed by atoms with Crippen molar-refractivity contribution in [2.24, 2.45) is 0 Å². The number of sulfone groups is 1. The zero-order valence-corrected chi connectivity index (χ0v) is 17.3. The lowest BCUT2D eigenvalue weighted by atomic mass is 10.0. The minimum Gasteiger partial charge on any atom is -0.345 e. The molecule has 0 unspecified atom stereocenters. The Hall–Kier alpha value is -2.18.